The lowest BCUT2D eigenvalue weighted by Crippen LogP contribution is -2.03. The van der Waals surface area contributed by atoms with Crippen molar-refractivity contribution in [2.75, 3.05) is 0 Å². The molecule has 1 atom stereocenters. The van der Waals surface area contributed by atoms with Crippen LogP contribution in [0.15, 0.2) is 39.2 Å². The van der Waals surface area contributed by atoms with Crippen molar-refractivity contribution >= 4 is 21.9 Å². The number of halogens is 2. The van der Waals surface area contributed by atoms with Gasteiger partial charge in [0.05, 0.1) is 0 Å². The number of aromatic carboxylic acids is 1. The number of carboxylic acids is 1. The summed E-state index contributed by atoms with van der Waals surface area (Å²) in [5, 5.41) is 8.74. The minimum absolute atomic E-state index is 0.0731. The van der Waals surface area contributed by atoms with E-state index in [0.717, 1.165) is 0 Å². The third-order valence-corrected chi connectivity index (χ3v) is 2.93. The third-order valence-electron chi connectivity index (χ3n) is 2.44. The van der Waals surface area contributed by atoms with Crippen LogP contribution in [0.5, 0.6) is 5.75 Å². The van der Waals surface area contributed by atoms with Crippen LogP contribution in [0.25, 0.3) is 0 Å². The molecule has 0 aliphatic rings. The zero-order valence-corrected chi connectivity index (χ0v) is 11.5. The van der Waals surface area contributed by atoms with Gasteiger partial charge in [0.25, 0.3) is 0 Å². The molecular formula is C13H10BrFO4. The average Bonchev–Trinajstić information content (AvgIpc) is 2.82. The molecule has 1 aromatic heterocycles. The number of carbonyl (C=O) groups is 1. The zero-order valence-electron chi connectivity index (χ0n) is 9.89. The maximum absolute atomic E-state index is 13.6. The summed E-state index contributed by atoms with van der Waals surface area (Å²) in [6, 6.07) is 7.24. The van der Waals surface area contributed by atoms with Gasteiger partial charge in [-0.15, -0.1) is 0 Å². The summed E-state index contributed by atoms with van der Waals surface area (Å²) in [4.78, 5) is 10.7. The molecule has 0 fully saturated rings. The first-order chi connectivity index (χ1) is 8.97. The Hall–Kier alpha value is -1.82. The van der Waals surface area contributed by atoms with E-state index in [1.165, 1.54) is 24.3 Å². The highest BCUT2D eigenvalue weighted by atomic mass is 79.9. The van der Waals surface area contributed by atoms with Crippen molar-refractivity contribution in [3.63, 3.8) is 0 Å². The summed E-state index contributed by atoms with van der Waals surface area (Å²) in [5.74, 6) is -1.45. The van der Waals surface area contributed by atoms with Gasteiger partial charge < -0.3 is 14.3 Å². The number of benzene rings is 1. The van der Waals surface area contributed by atoms with E-state index < -0.39 is 17.9 Å². The van der Waals surface area contributed by atoms with Crippen LogP contribution in [0, 0.1) is 5.82 Å². The molecule has 0 saturated carbocycles. The fourth-order valence-corrected chi connectivity index (χ4v) is 1.84. The van der Waals surface area contributed by atoms with Crippen LogP contribution in [0.1, 0.15) is 29.3 Å². The summed E-state index contributed by atoms with van der Waals surface area (Å²) >= 11 is 3.15. The number of ether oxygens (including phenoxy) is 1. The van der Waals surface area contributed by atoms with Crippen LogP contribution in [0.4, 0.5) is 4.39 Å². The lowest BCUT2D eigenvalue weighted by molar-refractivity contribution is 0.0655. The fourth-order valence-electron chi connectivity index (χ4n) is 1.51. The maximum atomic E-state index is 13.6. The Morgan fingerprint density at radius 2 is 2.16 bits per heavy atom. The van der Waals surface area contributed by atoms with Gasteiger partial charge in [-0.05, 0) is 37.3 Å². The molecule has 0 amide bonds. The molecule has 0 aliphatic heterocycles. The second-order valence-electron chi connectivity index (χ2n) is 3.84. The van der Waals surface area contributed by atoms with Crippen molar-refractivity contribution in [2.24, 2.45) is 0 Å². The Labute approximate surface area is 116 Å². The quantitative estimate of drug-likeness (QED) is 0.920. The van der Waals surface area contributed by atoms with E-state index in [9.17, 15) is 9.18 Å². The standard InChI is InChI=1S/C13H10BrFO4/c1-7(10-4-5-12(19-10)13(16)17)18-11-3-2-8(14)6-9(11)15/h2-7H,1H3,(H,16,17). The molecule has 0 bridgehead atoms. The van der Waals surface area contributed by atoms with Crippen LogP contribution in [0.2, 0.25) is 0 Å². The van der Waals surface area contributed by atoms with Gasteiger partial charge in [-0.2, -0.15) is 0 Å². The smallest absolute Gasteiger partial charge is 0.371 e. The summed E-state index contributed by atoms with van der Waals surface area (Å²) in [6.45, 7) is 1.64. The molecule has 6 heteroatoms. The third kappa shape index (κ3) is 3.14. The Morgan fingerprint density at radius 3 is 2.74 bits per heavy atom. The Bertz CT molecular complexity index is 608. The van der Waals surface area contributed by atoms with Crippen molar-refractivity contribution in [3.05, 3.63) is 52.1 Å². The number of hydrogen-bond acceptors (Lipinski definition) is 3. The average molecular weight is 329 g/mol. The van der Waals surface area contributed by atoms with E-state index in [1.54, 1.807) is 13.0 Å². The van der Waals surface area contributed by atoms with Crippen molar-refractivity contribution in [2.45, 2.75) is 13.0 Å². The second kappa shape index (κ2) is 5.44. The van der Waals surface area contributed by atoms with E-state index in [-0.39, 0.29) is 11.5 Å². The van der Waals surface area contributed by atoms with Gasteiger partial charge in [-0.25, -0.2) is 9.18 Å². The Balaban J connectivity index is 2.15. The SMILES string of the molecule is CC(Oc1ccc(Br)cc1F)c1ccc(C(=O)O)o1. The van der Waals surface area contributed by atoms with Gasteiger partial charge in [0.15, 0.2) is 17.7 Å². The summed E-state index contributed by atoms with van der Waals surface area (Å²) in [5.41, 5.74) is 0. The predicted octanol–water partition coefficient (Wildman–Crippen LogP) is 4.02. The van der Waals surface area contributed by atoms with Gasteiger partial charge in [-0.1, -0.05) is 15.9 Å². The van der Waals surface area contributed by atoms with E-state index in [0.29, 0.717) is 10.2 Å². The molecule has 0 saturated heterocycles. The van der Waals surface area contributed by atoms with Crippen LogP contribution in [-0.2, 0) is 0 Å². The Kier molecular flexibility index (Phi) is 3.90. The highest BCUT2D eigenvalue weighted by Gasteiger charge is 2.17. The number of carboxylic acid groups (broad SMARTS) is 1. The molecule has 19 heavy (non-hydrogen) atoms. The van der Waals surface area contributed by atoms with E-state index >= 15 is 0 Å². The summed E-state index contributed by atoms with van der Waals surface area (Å²) in [7, 11) is 0. The number of hydrogen-bond donors (Lipinski definition) is 1. The van der Waals surface area contributed by atoms with Gasteiger partial charge in [-0.3, -0.25) is 0 Å². The molecule has 4 nitrogen and oxygen atoms in total. The molecule has 0 radical (unpaired) electrons. The molecule has 1 heterocycles. The molecular weight excluding hydrogens is 319 g/mol. The van der Waals surface area contributed by atoms with Crippen LogP contribution < -0.4 is 4.74 Å². The van der Waals surface area contributed by atoms with Gasteiger partial charge in [0.2, 0.25) is 5.76 Å². The molecule has 0 spiro atoms. The lowest BCUT2D eigenvalue weighted by Gasteiger charge is -2.13. The molecule has 1 N–H and O–H groups in total. The minimum atomic E-state index is -1.16. The summed E-state index contributed by atoms with van der Waals surface area (Å²) in [6.07, 6.45) is -0.594. The maximum Gasteiger partial charge on any atom is 0.371 e. The first-order valence-corrected chi connectivity index (χ1v) is 6.21. The minimum Gasteiger partial charge on any atom is -0.480 e. The highest BCUT2D eigenvalue weighted by Crippen LogP contribution is 2.27. The molecule has 1 aromatic carbocycles. The number of rotatable bonds is 4. The predicted molar refractivity (Wildman–Crippen MR) is 68.8 cm³/mol. The molecule has 2 rings (SSSR count). The largest absolute Gasteiger partial charge is 0.480 e. The Morgan fingerprint density at radius 1 is 1.42 bits per heavy atom. The second-order valence-corrected chi connectivity index (χ2v) is 4.76. The van der Waals surface area contributed by atoms with E-state index in [2.05, 4.69) is 15.9 Å². The van der Waals surface area contributed by atoms with E-state index in [1.807, 2.05) is 0 Å². The van der Waals surface area contributed by atoms with Gasteiger partial charge in [0.1, 0.15) is 5.76 Å². The number of furan rings is 1. The van der Waals surface area contributed by atoms with Crippen molar-refractivity contribution in [1.82, 2.24) is 0 Å². The molecule has 100 valence electrons. The first kappa shape index (κ1) is 13.6. The fraction of sp³-hybridized carbons (Fsp3) is 0.154. The van der Waals surface area contributed by atoms with E-state index in [4.69, 9.17) is 14.3 Å². The van der Waals surface area contributed by atoms with Crippen molar-refractivity contribution < 1.29 is 23.4 Å². The monoisotopic (exact) mass is 328 g/mol. The van der Waals surface area contributed by atoms with Crippen LogP contribution in [0.3, 0.4) is 0 Å². The molecule has 2 aromatic rings. The van der Waals surface area contributed by atoms with Crippen LogP contribution >= 0.6 is 15.9 Å². The molecule has 1 unspecified atom stereocenters. The van der Waals surface area contributed by atoms with Gasteiger partial charge >= 0.3 is 5.97 Å². The summed E-state index contributed by atoms with van der Waals surface area (Å²) < 4.78 is 24.7. The van der Waals surface area contributed by atoms with Crippen molar-refractivity contribution in [1.29, 1.82) is 0 Å². The highest BCUT2D eigenvalue weighted by molar-refractivity contribution is 9.10. The zero-order chi connectivity index (χ0) is 14.0. The normalized spacial score (nSPS) is 12.2. The lowest BCUT2D eigenvalue weighted by atomic mass is 10.3. The van der Waals surface area contributed by atoms with Crippen molar-refractivity contribution in [3.8, 4) is 5.75 Å². The molecule has 0 aliphatic carbocycles. The van der Waals surface area contributed by atoms with Gasteiger partial charge in [0, 0.05) is 4.47 Å². The van der Waals surface area contributed by atoms with Crippen LogP contribution in [-0.4, -0.2) is 11.1 Å². The first-order valence-electron chi connectivity index (χ1n) is 5.42. The topological polar surface area (TPSA) is 59.7 Å².